The molecule has 1 amide bonds. The molecular formula is C17H15N3OS. The molecule has 3 aromatic rings. The number of carbonyl (C=O) groups is 1. The normalized spacial score (nSPS) is 10.5. The van der Waals surface area contributed by atoms with Gasteiger partial charge in [-0.3, -0.25) is 15.1 Å². The Bertz CT molecular complexity index is 812. The van der Waals surface area contributed by atoms with Gasteiger partial charge in [0.05, 0.1) is 5.69 Å². The van der Waals surface area contributed by atoms with E-state index in [-0.39, 0.29) is 5.91 Å². The van der Waals surface area contributed by atoms with Gasteiger partial charge in [-0.2, -0.15) is 0 Å². The number of nitrogens with zero attached hydrogens (tertiary/aromatic N) is 2. The quantitative estimate of drug-likeness (QED) is 0.793. The molecule has 0 fully saturated rings. The molecule has 1 aromatic carbocycles. The summed E-state index contributed by atoms with van der Waals surface area (Å²) in [6, 6.07) is 9.62. The van der Waals surface area contributed by atoms with Gasteiger partial charge >= 0.3 is 0 Å². The van der Waals surface area contributed by atoms with Crippen molar-refractivity contribution in [3.8, 4) is 11.3 Å². The van der Waals surface area contributed by atoms with E-state index in [1.54, 1.807) is 24.5 Å². The van der Waals surface area contributed by atoms with E-state index in [4.69, 9.17) is 0 Å². The third-order valence-corrected chi connectivity index (χ3v) is 4.09. The van der Waals surface area contributed by atoms with E-state index in [0.717, 1.165) is 11.3 Å². The Kier molecular flexibility index (Phi) is 3.98. The van der Waals surface area contributed by atoms with Crippen molar-refractivity contribution >= 4 is 22.4 Å². The van der Waals surface area contributed by atoms with Gasteiger partial charge in [-0.1, -0.05) is 17.7 Å². The van der Waals surface area contributed by atoms with Gasteiger partial charge in [-0.15, -0.1) is 11.3 Å². The fourth-order valence-corrected chi connectivity index (χ4v) is 2.84. The number of hydrogen-bond donors (Lipinski definition) is 1. The van der Waals surface area contributed by atoms with Crippen LogP contribution in [0.4, 0.5) is 5.13 Å². The van der Waals surface area contributed by atoms with Crippen LogP contribution in [-0.4, -0.2) is 15.9 Å². The summed E-state index contributed by atoms with van der Waals surface area (Å²) in [4.78, 5) is 20.5. The number of pyridine rings is 1. The first-order valence-electron chi connectivity index (χ1n) is 6.88. The number of carbonyl (C=O) groups excluding carboxylic acids is 1. The lowest BCUT2D eigenvalue weighted by Crippen LogP contribution is -2.11. The second-order valence-corrected chi connectivity index (χ2v) is 5.90. The summed E-state index contributed by atoms with van der Waals surface area (Å²) in [5, 5.41) is 5.38. The Morgan fingerprint density at radius 1 is 1.14 bits per heavy atom. The van der Waals surface area contributed by atoms with Crippen molar-refractivity contribution in [2.75, 3.05) is 5.32 Å². The Morgan fingerprint density at radius 3 is 2.68 bits per heavy atom. The van der Waals surface area contributed by atoms with E-state index < -0.39 is 0 Å². The summed E-state index contributed by atoms with van der Waals surface area (Å²) in [5.41, 5.74) is 4.91. The zero-order chi connectivity index (χ0) is 15.5. The highest BCUT2D eigenvalue weighted by Gasteiger charge is 2.11. The summed E-state index contributed by atoms with van der Waals surface area (Å²) in [7, 11) is 0. The summed E-state index contributed by atoms with van der Waals surface area (Å²) in [5.74, 6) is -0.177. The van der Waals surface area contributed by atoms with Crippen molar-refractivity contribution in [1.82, 2.24) is 9.97 Å². The lowest BCUT2D eigenvalue weighted by atomic mass is 10.0. The molecule has 4 nitrogen and oxygen atoms in total. The molecule has 22 heavy (non-hydrogen) atoms. The lowest BCUT2D eigenvalue weighted by molar-refractivity contribution is 0.102. The smallest absolute Gasteiger partial charge is 0.257 e. The van der Waals surface area contributed by atoms with Gasteiger partial charge in [0.15, 0.2) is 5.13 Å². The topological polar surface area (TPSA) is 54.9 Å². The van der Waals surface area contributed by atoms with Crippen LogP contribution in [0.1, 0.15) is 21.5 Å². The first kappa shape index (κ1) is 14.4. The zero-order valence-corrected chi connectivity index (χ0v) is 13.1. The van der Waals surface area contributed by atoms with Crippen LogP contribution < -0.4 is 5.32 Å². The molecule has 2 aromatic heterocycles. The van der Waals surface area contributed by atoms with Crippen molar-refractivity contribution in [2.24, 2.45) is 0 Å². The number of thiazole rings is 1. The Balaban J connectivity index is 1.82. The fourth-order valence-electron chi connectivity index (χ4n) is 2.14. The highest BCUT2D eigenvalue weighted by molar-refractivity contribution is 7.14. The molecule has 0 aliphatic heterocycles. The predicted octanol–water partition coefficient (Wildman–Crippen LogP) is 4.07. The van der Waals surface area contributed by atoms with Crippen LogP contribution in [0.25, 0.3) is 11.3 Å². The molecule has 1 N–H and O–H groups in total. The molecule has 0 spiro atoms. The molecule has 0 aliphatic carbocycles. The number of hydrogen-bond acceptors (Lipinski definition) is 4. The monoisotopic (exact) mass is 309 g/mol. The molecule has 0 saturated heterocycles. The molecule has 0 saturated carbocycles. The van der Waals surface area contributed by atoms with Crippen LogP contribution >= 0.6 is 11.3 Å². The molecule has 2 heterocycles. The SMILES string of the molecule is Cc1ccc(C)c(-c2csc(NC(=O)c3ccncc3)n2)c1. The Hall–Kier alpha value is -2.53. The minimum Gasteiger partial charge on any atom is -0.298 e. The molecule has 110 valence electrons. The number of anilines is 1. The maximum absolute atomic E-state index is 12.1. The van der Waals surface area contributed by atoms with Gasteiger partial charge in [0.1, 0.15) is 0 Å². The first-order valence-corrected chi connectivity index (χ1v) is 7.76. The van der Waals surface area contributed by atoms with Crippen molar-refractivity contribution in [2.45, 2.75) is 13.8 Å². The average Bonchev–Trinajstić information content (AvgIpc) is 2.99. The van der Waals surface area contributed by atoms with Crippen LogP contribution in [0.2, 0.25) is 0 Å². The number of amides is 1. The molecule has 3 rings (SSSR count). The van der Waals surface area contributed by atoms with Crippen LogP contribution in [0.3, 0.4) is 0 Å². The van der Waals surface area contributed by atoms with Gasteiger partial charge in [0, 0.05) is 28.9 Å². The van der Waals surface area contributed by atoms with Crippen molar-refractivity contribution in [3.05, 3.63) is 64.8 Å². The molecule has 5 heteroatoms. The number of aromatic nitrogens is 2. The molecular weight excluding hydrogens is 294 g/mol. The number of nitrogens with one attached hydrogen (secondary N) is 1. The summed E-state index contributed by atoms with van der Waals surface area (Å²) < 4.78 is 0. The van der Waals surface area contributed by atoms with E-state index in [1.807, 2.05) is 5.38 Å². The van der Waals surface area contributed by atoms with Crippen LogP contribution in [0.15, 0.2) is 48.1 Å². The van der Waals surface area contributed by atoms with Gasteiger partial charge in [-0.05, 0) is 37.6 Å². The molecule has 0 aliphatic rings. The molecule has 0 unspecified atom stereocenters. The zero-order valence-electron chi connectivity index (χ0n) is 12.3. The summed E-state index contributed by atoms with van der Waals surface area (Å²) in [6.45, 7) is 4.12. The van der Waals surface area contributed by atoms with Gasteiger partial charge in [0.2, 0.25) is 0 Å². The lowest BCUT2D eigenvalue weighted by Gasteiger charge is -2.04. The van der Waals surface area contributed by atoms with Crippen LogP contribution in [-0.2, 0) is 0 Å². The van der Waals surface area contributed by atoms with E-state index in [1.165, 1.54) is 22.5 Å². The molecule has 0 radical (unpaired) electrons. The van der Waals surface area contributed by atoms with Crippen molar-refractivity contribution in [1.29, 1.82) is 0 Å². The molecule has 0 bridgehead atoms. The Labute approximate surface area is 132 Å². The summed E-state index contributed by atoms with van der Waals surface area (Å²) in [6.07, 6.45) is 3.19. The minimum absolute atomic E-state index is 0.177. The largest absolute Gasteiger partial charge is 0.298 e. The second-order valence-electron chi connectivity index (χ2n) is 5.05. The van der Waals surface area contributed by atoms with E-state index in [0.29, 0.717) is 10.7 Å². The van der Waals surface area contributed by atoms with Crippen molar-refractivity contribution in [3.63, 3.8) is 0 Å². The van der Waals surface area contributed by atoms with Crippen molar-refractivity contribution < 1.29 is 4.79 Å². The Morgan fingerprint density at radius 2 is 1.91 bits per heavy atom. The van der Waals surface area contributed by atoms with Crippen LogP contribution in [0.5, 0.6) is 0 Å². The first-order chi connectivity index (χ1) is 10.6. The average molecular weight is 309 g/mol. The second kappa shape index (κ2) is 6.07. The van der Waals surface area contributed by atoms with Gasteiger partial charge in [0.25, 0.3) is 5.91 Å². The van der Waals surface area contributed by atoms with Gasteiger partial charge in [-0.25, -0.2) is 4.98 Å². The van der Waals surface area contributed by atoms with E-state index >= 15 is 0 Å². The number of benzene rings is 1. The third kappa shape index (κ3) is 3.04. The van der Waals surface area contributed by atoms with E-state index in [2.05, 4.69) is 47.3 Å². The number of rotatable bonds is 3. The van der Waals surface area contributed by atoms with E-state index in [9.17, 15) is 4.79 Å². The van der Waals surface area contributed by atoms with Gasteiger partial charge < -0.3 is 0 Å². The maximum atomic E-state index is 12.1. The highest BCUT2D eigenvalue weighted by atomic mass is 32.1. The number of aryl methyl sites for hydroxylation is 2. The third-order valence-electron chi connectivity index (χ3n) is 3.34. The highest BCUT2D eigenvalue weighted by Crippen LogP contribution is 2.28. The minimum atomic E-state index is -0.177. The van der Waals surface area contributed by atoms with Crippen LogP contribution in [0, 0.1) is 13.8 Å². The predicted molar refractivity (Wildman–Crippen MR) is 89.2 cm³/mol. The standard InChI is InChI=1S/C17H15N3OS/c1-11-3-4-12(2)14(9-11)15-10-22-17(19-15)20-16(21)13-5-7-18-8-6-13/h3-10H,1-2H3,(H,19,20,21). The fraction of sp³-hybridized carbons (Fsp3) is 0.118. The maximum Gasteiger partial charge on any atom is 0.257 e. The molecule has 0 atom stereocenters. The summed E-state index contributed by atoms with van der Waals surface area (Å²) >= 11 is 1.42.